The summed E-state index contributed by atoms with van der Waals surface area (Å²) in [6.07, 6.45) is 3.17. The number of hydrogen-bond donors (Lipinski definition) is 1. The zero-order valence-electron chi connectivity index (χ0n) is 16.4. The molecule has 3 aromatic heterocycles. The molecule has 9 heteroatoms. The number of benzene rings is 2. The second-order valence-corrected chi connectivity index (χ2v) is 7.70. The SMILES string of the molecule is Cc1cc(NC(=O)c2ccccc2Br)n(-c2ncnc3c2cnn3-c2ccccc2)n1. The molecule has 5 rings (SSSR count). The first kappa shape index (κ1) is 19.1. The first-order valence-electron chi connectivity index (χ1n) is 9.49. The molecule has 0 fully saturated rings. The Morgan fingerprint density at radius 2 is 1.77 bits per heavy atom. The van der Waals surface area contributed by atoms with Crippen molar-refractivity contribution >= 4 is 38.7 Å². The molecular formula is C22H16BrN7O. The monoisotopic (exact) mass is 473 g/mol. The summed E-state index contributed by atoms with van der Waals surface area (Å²) in [6, 6.07) is 18.8. The molecule has 2 aromatic carbocycles. The maximum atomic E-state index is 12.8. The number of rotatable bonds is 4. The topological polar surface area (TPSA) is 90.5 Å². The molecule has 31 heavy (non-hydrogen) atoms. The van der Waals surface area contributed by atoms with Crippen LogP contribution in [0.15, 0.2) is 77.7 Å². The predicted molar refractivity (Wildman–Crippen MR) is 121 cm³/mol. The van der Waals surface area contributed by atoms with E-state index in [1.807, 2.05) is 55.5 Å². The van der Waals surface area contributed by atoms with Gasteiger partial charge in [0.2, 0.25) is 0 Å². The first-order valence-corrected chi connectivity index (χ1v) is 10.3. The summed E-state index contributed by atoms with van der Waals surface area (Å²) in [5.74, 6) is 0.785. The third kappa shape index (κ3) is 3.49. The Kier molecular flexibility index (Phi) is 4.79. The molecule has 0 saturated carbocycles. The quantitative estimate of drug-likeness (QED) is 0.419. The van der Waals surface area contributed by atoms with Gasteiger partial charge >= 0.3 is 0 Å². The van der Waals surface area contributed by atoms with E-state index in [0.717, 1.165) is 11.4 Å². The molecule has 0 radical (unpaired) electrons. The molecule has 0 saturated heterocycles. The lowest BCUT2D eigenvalue weighted by Crippen LogP contribution is -2.16. The average Bonchev–Trinajstić information content (AvgIpc) is 3.38. The molecule has 0 aliphatic rings. The van der Waals surface area contributed by atoms with E-state index < -0.39 is 0 Å². The minimum Gasteiger partial charge on any atom is -0.306 e. The smallest absolute Gasteiger partial charge is 0.257 e. The zero-order valence-corrected chi connectivity index (χ0v) is 18.0. The maximum absolute atomic E-state index is 12.8. The number of nitrogens with zero attached hydrogens (tertiary/aromatic N) is 6. The lowest BCUT2D eigenvalue weighted by molar-refractivity contribution is 0.102. The van der Waals surface area contributed by atoms with Crippen LogP contribution in [0, 0.1) is 6.92 Å². The number of anilines is 1. The highest BCUT2D eigenvalue weighted by Gasteiger charge is 2.18. The van der Waals surface area contributed by atoms with Gasteiger partial charge in [-0.15, -0.1) is 0 Å². The van der Waals surface area contributed by atoms with Crippen molar-refractivity contribution in [3.8, 4) is 11.5 Å². The number of nitrogens with one attached hydrogen (secondary N) is 1. The van der Waals surface area contributed by atoms with Crippen LogP contribution in [-0.4, -0.2) is 35.4 Å². The molecule has 0 unspecified atom stereocenters. The molecule has 0 spiro atoms. The lowest BCUT2D eigenvalue weighted by atomic mass is 10.2. The Hall–Kier alpha value is -3.85. The van der Waals surface area contributed by atoms with Crippen molar-refractivity contribution in [3.05, 3.63) is 88.9 Å². The third-order valence-electron chi connectivity index (χ3n) is 4.74. The number of hydrogen-bond acceptors (Lipinski definition) is 5. The van der Waals surface area contributed by atoms with Crippen LogP contribution in [0.1, 0.15) is 16.1 Å². The minimum absolute atomic E-state index is 0.251. The number of fused-ring (bicyclic) bond motifs is 1. The van der Waals surface area contributed by atoms with Crippen LogP contribution >= 0.6 is 15.9 Å². The average molecular weight is 474 g/mol. The molecule has 5 aromatic rings. The fourth-order valence-corrected chi connectivity index (χ4v) is 3.80. The van der Waals surface area contributed by atoms with Gasteiger partial charge in [0.1, 0.15) is 12.1 Å². The van der Waals surface area contributed by atoms with E-state index in [0.29, 0.717) is 32.7 Å². The molecule has 3 heterocycles. The summed E-state index contributed by atoms with van der Waals surface area (Å²) in [7, 11) is 0. The molecule has 152 valence electrons. The van der Waals surface area contributed by atoms with E-state index in [1.165, 1.54) is 6.33 Å². The molecule has 8 nitrogen and oxygen atoms in total. The number of para-hydroxylation sites is 1. The minimum atomic E-state index is -0.251. The van der Waals surface area contributed by atoms with Gasteiger partial charge in [-0.2, -0.15) is 14.9 Å². The predicted octanol–water partition coefficient (Wildman–Crippen LogP) is 4.32. The largest absolute Gasteiger partial charge is 0.306 e. The number of halogens is 1. The molecule has 0 aliphatic heterocycles. The highest BCUT2D eigenvalue weighted by Crippen LogP contribution is 2.25. The van der Waals surface area contributed by atoms with E-state index in [4.69, 9.17) is 0 Å². The number of amides is 1. The van der Waals surface area contributed by atoms with Crippen molar-refractivity contribution in [2.75, 3.05) is 5.32 Å². The number of aromatic nitrogens is 6. The normalized spacial score (nSPS) is 11.0. The van der Waals surface area contributed by atoms with E-state index in [-0.39, 0.29) is 5.91 Å². The van der Waals surface area contributed by atoms with Gasteiger partial charge < -0.3 is 5.32 Å². The van der Waals surface area contributed by atoms with Crippen LogP contribution < -0.4 is 5.32 Å². The highest BCUT2D eigenvalue weighted by atomic mass is 79.9. The molecule has 0 bridgehead atoms. The Morgan fingerprint density at radius 1 is 1.00 bits per heavy atom. The summed E-state index contributed by atoms with van der Waals surface area (Å²) in [6.45, 7) is 1.86. The summed E-state index contributed by atoms with van der Waals surface area (Å²) in [5, 5.41) is 12.7. The van der Waals surface area contributed by atoms with E-state index in [1.54, 1.807) is 27.7 Å². The van der Waals surface area contributed by atoms with Gasteiger partial charge in [0, 0.05) is 10.5 Å². The number of carbonyl (C=O) groups is 1. The van der Waals surface area contributed by atoms with E-state index in [9.17, 15) is 4.79 Å². The molecule has 0 aliphatic carbocycles. The van der Waals surface area contributed by atoms with Crippen LogP contribution in [0.4, 0.5) is 5.82 Å². The van der Waals surface area contributed by atoms with Crippen molar-refractivity contribution in [3.63, 3.8) is 0 Å². The van der Waals surface area contributed by atoms with Gasteiger partial charge in [0.05, 0.1) is 28.5 Å². The van der Waals surface area contributed by atoms with Crippen LogP contribution in [0.25, 0.3) is 22.5 Å². The molecule has 1 N–H and O–H groups in total. The fraction of sp³-hybridized carbons (Fsp3) is 0.0455. The van der Waals surface area contributed by atoms with Crippen molar-refractivity contribution < 1.29 is 4.79 Å². The van der Waals surface area contributed by atoms with Crippen LogP contribution in [0.2, 0.25) is 0 Å². The Morgan fingerprint density at radius 3 is 2.58 bits per heavy atom. The third-order valence-corrected chi connectivity index (χ3v) is 5.43. The molecule has 0 atom stereocenters. The van der Waals surface area contributed by atoms with E-state index in [2.05, 4.69) is 41.4 Å². The van der Waals surface area contributed by atoms with Gasteiger partial charge in [0.25, 0.3) is 5.91 Å². The van der Waals surface area contributed by atoms with Crippen molar-refractivity contribution in [1.29, 1.82) is 0 Å². The lowest BCUT2D eigenvalue weighted by Gasteiger charge is -2.10. The van der Waals surface area contributed by atoms with E-state index >= 15 is 0 Å². The van der Waals surface area contributed by atoms with Crippen LogP contribution in [-0.2, 0) is 0 Å². The first-order chi connectivity index (χ1) is 15.1. The fourth-order valence-electron chi connectivity index (χ4n) is 3.34. The van der Waals surface area contributed by atoms with Gasteiger partial charge in [0.15, 0.2) is 11.5 Å². The summed E-state index contributed by atoms with van der Waals surface area (Å²) >= 11 is 3.42. The summed E-state index contributed by atoms with van der Waals surface area (Å²) in [4.78, 5) is 21.7. The summed E-state index contributed by atoms with van der Waals surface area (Å²) < 4.78 is 4.06. The van der Waals surface area contributed by atoms with Crippen molar-refractivity contribution in [1.82, 2.24) is 29.5 Å². The van der Waals surface area contributed by atoms with Crippen LogP contribution in [0.3, 0.4) is 0 Å². The van der Waals surface area contributed by atoms with Crippen molar-refractivity contribution in [2.24, 2.45) is 0 Å². The molecular weight excluding hydrogens is 458 g/mol. The van der Waals surface area contributed by atoms with Gasteiger partial charge in [-0.1, -0.05) is 30.3 Å². The highest BCUT2D eigenvalue weighted by molar-refractivity contribution is 9.10. The second-order valence-electron chi connectivity index (χ2n) is 6.84. The molecule has 1 amide bonds. The van der Waals surface area contributed by atoms with Gasteiger partial charge in [-0.25, -0.2) is 14.6 Å². The Balaban J connectivity index is 1.58. The Labute approximate surface area is 185 Å². The maximum Gasteiger partial charge on any atom is 0.257 e. The van der Waals surface area contributed by atoms with Crippen LogP contribution in [0.5, 0.6) is 0 Å². The second kappa shape index (κ2) is 7.77. The zero-order chi connectivity index (χ0) is 21.4. The number of carbonyl (C=O) groups excluding carboxylic acids is 1. The van der Waals surface area contributed by atoms with Gasteiger partial charge in [-0.05, 0) is 47.1 Å². The number of aryl methyl sites for hydroxylation is 1. The van der Waals surface area contributed by atoms with Crippen molar-refractivity contribution in [2.45, 2.75) is 6.92 Å². The summed E-state index contributed by atoms with van der Waals surface area (Å²) in [5.41, 5.74) is 2.80. The standard InChI is InChI=1S/C22H16BrN7O/c1-14-11-19(27-22(31)16-9-5-6-10-18(16)23)30(28-14)21-17-12-26-29(20(17)24-13-25-21)15-7-3-2-4-8-15/h2-13H,1H3,(H,27,31). The Bertz CT molecular complexity index is 1410. The van der Waals surface area contributed by atoms with Gasteiger partial charge in [-0.3, -0.25) is 4.79 Å².